The summed E-state index contributed by atoms with van der Waals surface area (Å²) < 4.78 is 5.20. The van der Waals surface area contributed by atoms with E-state index in [0.29, 0.717) is 0 Å². The van der Waals surface area contributed by atoms with Gasteiger partial charge in [0, 0.05) is 0 Å². The van der Waals surface area contributed by atoms with Gasteiger partial charge in [-0.05, 0) is 46.5 Å². The molecule has 0 spiro atoms. The van der Waals surface area contributed by atoms with Crippen LogP contribution in [0.15, 0.2) is 60.7 Å². The van der Waals surface area contributed by atoms with Crippen molar-refractivity contribution in [1.82, 2.24) is 0 Å². The maximum absolute atomic E-state index is 6.48. The van der Waals surface area contributed by atoms with E-state index in [1.807, 2.05) is 24.3 Å². The number of nitrogens with two attached hydrogens (primary N) is 1. The molecule has 21 heavy (non-hydrogen) atoms. The molecule has 0 radical (unpaired) electrons. The van der Waals surface area contributed by atoms with Gasteiger partial charge >= 0.3 is 0 Å². The van der Waals surface area contributed by atoms with Crippen molar-refractivity contribution in [3.8, 4) is 5.75 Å². The summed E-state index contributed by atoms with van der Waals surface area (Å²) in [5, 5.41) is 2.49. The Hall–Kier alpha value is -2.32. The fourth-order valence-electron chi connectivity index (χ4n) is 2.74. The van der Waals surface area contributed by atoms with Crippen LogP contribution in [0.4, 0.5) is 0 Å². The third kappa shape index (κ3) is 2.50. The fourth-order valence-corrected chi connectivity index (χ4v) is 2.74. The first kappa shape index (κ1) is 13.7. The van der Waals surface area contributed by atoms with E-state index in [1.165, 1.54) is 16.3 Å². The Bertz CT molecular complexity index is 762. The molecule has 1 unspecified atom stereocenters. The van der Waals surface area contributed by atoms with Crippen LogP contribution < -0.4 is 10.5 Å². The third-order valence-electron chi connectivity index (χ3n) is 3.99. The van der Waals surface area contributed by atoms with Crippen molar-refractivity contribution < 1.29 is 4.74 Å². The summed E-state index contributed by atoms with van der Waals surface area (Å²) in [5.74, 6) is 0.847. The summed E-state index contributed by atoms with van der Waals surface area (Å²) >= 11 is 0. The van der Waals surface area contributed by atoms with Crippen LogP contribution >= 0.6 is 0 Å². The summed E-state index contributed by atoms with van der Waals surface area (Å²) in [6, 6.07) is 20.5. The highest BCUT2D eigenvalue weighted by atomic mass is 16.5. The molecule has 0 amide bonds. The molecule has 0 aromatic heterocycles. The van der Waals surface area contributed by atoms with Gasteiger partial charge in [0.15, 0.2) is 0 Å². The van der Waals surface area contributed by atoms with Gasteiger partial charge in [-0.25, -0.2) is 0 Å². The van der Waals surface area contributed by atoms with Crippen molar-refractivity contribution in [3.63, 3.8) is 0 Å². The van der Waals surface area contributed by atoms with Gasteiger partial charge in [-0.3, -0.25) is 0 Å². The molecule has 106 valence electrons. The second kappa shape index (κ2) is 5.58. The van der Waals surface area contributed by atoms with Crippen LogP contribution in [-0.4, -0.2) is 7.11 Å². The van der Waals surface area contributed by atoms with Gasteiger partial charge in [-0.15, -0.1) is 0 Å². The summed E-state index contributed by atoms with van der Waals surface area (Å²) in [6.45, 7) is 2.13. The summed E-state index contributed by atoms with van der Waals surface area (Å²) in [7, 11) is 1.67. The normalized spacial score (nSPS) is 12.3. The Morgan fingerprint density at radius 2 is 1.52 bits per heavy atom. The molecule has 2 nitrogen and oxygen atoms in total. The molecule has 0 saturated heterocycles. The van der Waals surface area contributed by atoms with Crippen molar-refractivity contribution in [3.05, 3.63) is 77.4 Å². The molecule has 0 aliphatic rings. The zero-order valence-electron chi connectivity index (χ0n) is 12.3. The molecule has 0 aliphatic heterocycles. The summed E-state index contributed by atoms with van der Waals surface area (Å²) in [4.78, 5) is 0. The van der Waals surface area contributed by atoms with Gasteiger partial charge in [0.25, 0.3) is 0 Å². The number of ether oxygens (including phenoxy) is 1. The maximum Gasteiger partial charge on any atom is 0.118 e. The highest BCUT2D eigenvalue weighted by molar-refractivity contribution is 5.89. The third-order valence-corrected chi connectivity index (χ3v) is 3.99. The minimum absolute atomic E-state index is 0.138. The van der Waals surface area contributed by atoms with Crippen molar-refractivity contribution in [1.29, 1.82) is 0 Å². The highest BCUT2D eigenvalue weighted by Gasteiger charge is 2.13. The van der Waals surface area contributed by atoms with Gasteiger partial charge in [0.05, 0.1) is 13.2 Å². The van der Waals surface area contributed by atoms with Crippen molar-refractivity contribution in [2.45, 2.75) is 13.0 Å². The smallest absolute Gasteiger partial charge is 0.118 e. The lowest BCUT2D eigenvalue weighted by molar-refractivity contribution is 0.414. The monoisotopic (exact) mass is 277 g/mol. The molecule has 0 fully saturated rings. The fraction of sp³-hybridized carbons (Fsp3) is 0.158. The SMILES string of the molecule is COc1ccc(C(N)c2ccc(C)c3ccccc23)cc1. The summed E-state index contributed by atoms with van der Waals surface area (Å²) in [5.41, 5.74) is 10.00. The molecule has 0 saturated carbocycles. The van der Waals surface area contributed by atoms with Crippen molar-refractivity contribution >= 4 is 10.8 Å². The van der Waals surface area contributed by atoms with E-state index in [1.54, 1.807) is 7.11 Å². The molecular formula is C19H19NO. The lowest BCUT2D eigenvalue weighted by Crippen LogP contribution is -2.12. The largest absolute Gasteiger partial charge is 0.497 e. The molecule has 1 atom stereocenters. The second-order valence-corrected chi connectivity index (χ2v) is 5.27. The van der Waals surface area contributed by atoms with Crippen LogP contribution in [0.5, 0.6) is 5.75 Å². The molecule has 3 aromatic rings. The number of aryl methyl sites for hydroxylation is 1. The lowest BCUT2D eigenvalue weighted by Gasteiger charge is -2.16. The maximum atomic E-state index is 6.48. The molecule has 0 aliphatic carbocycles. The average Bonchev–Trinajstić information content (AvgIpc) is 2.55. The average molecular weight is 277 g/mol. The topological polar surface area (TPSA) is 35.2 Å². The van der Waals surface area contributed by atoms with E-state index >= 15 is 0 Å². The predicted octanol–water partition coefficient (Wildman–Crippen LogP) is 4.20. The second-order valence-electron chi connectivity index (χ2n) is 5.27. The molecule has 0 bridgehead atoms. The van der Waals surface area contributed by atoms with E-state index in [-0.39, 0.29) is 6.04 Å². The summed E-state index contributed by atoms with van der Waals surface area (Å²) in [6.07, 6.45) is 0. The number of methoxy groups -OCH3 is 1. The van der Waals surface area contributed by atoms with Crippen LogP contribution in [-0.2, 0) is 0 Å². The molecule has 0 heterocycles. The Morgan fingerprint density at radius 3 is 2.19 bits per heavy atom. The molecular weight excluding hydrogens is 258 g/mol. The highest BCUT2D eigenvalue weighted by Crippen LogP contribution is 2.29. The minimum Gasteiger partial charge on any atom is -0.497 e. The van der Waals surface area contributed by atoms with E-state index in [2.05, 4.69) is 43.3 Å². The standard InChI is InChI=1S/C19H19NO/c1-13-7-12-18(17-6-4-3-5-16(13)17)19(20)14-8-10-15(21-2)11-9-14/h3-12,19H,20H2,1-2H3. The predicted molar refractivity (Wildman–Crippen MR) is 87.7 cm³/mol. The zero-order valence-corrected chi connectivity index (χ0v) is 12.3. The van der Waals surface area contributed by atoms with Crippen LogP contribution in [0.25, 0.3) is 10.8 Å². The lowest BCUT2D eigenvalue weighted by atomic mass is 9.92. The van der Waals surface area contributed by atoms with Crippen molar-refractivity contribution in [2.24, 2.45) is 5.73 Å². The van der Waals surface area contributed by atoms with Gasteiger partial charge in [-0.2, -0.15) is 0 Å². The van der Waals surface area contributed by atoms with E-state index in [4.69, 9.17) is 10.5 Å². The minimum atomic E-state index is -0.138. The van der Waals surface area contributed by atoms with Crippen LogP contribution in [0, 0.1) is 6.92 Å². The molecule has 3 rings (SSSR count). The quantitative estimate of drug-likeness (QED) is 0.778. The molecule has 3 aromatic carbocycles. The van der Waals surface area contributed by atoms with E-state index < -0.39 is 0 Å². The van der Waals surface area contributed by atoms with Gasteiger partial charge in [0.2, 0.25) is 0 Å². The van der Waals surface area contributed by atoms with E-state index in [9.17, 15) is 0 Å². The number of rotatable bonds is 3. The first-order valence-electron chi connectivity index (χ1n) is 7.08. The van der Waals surface area contributed by atoms with Crippen molar-refractivity contribution in [2.75, 3.05) is 7.11 Å². The Kier molecular flexibility index (Phi) is 3.63. The number of fused-ring (bicyclic) bond motifs is 1. The van der Waals surface area contributed by atoms with Gasteiger partial charge < -0.3 is 10.5 Å². The Balaban J connectivity index is 2.08. The van der Waals surface area contributed by atoms with Gasteiger partial charge in [-0.1, -0.05) is 48.5 Å². The van der Waals surface area contributed by atoms with Crippen LogP contribution in [0.1, 0.15) is 22.7 Å². The van der Waals surface area contributed by atoms with Crippen LogP contribution in [0.2, 0.25) is 0 Å². The molecule has 2 heteroatoms. The molecule has 2 N–H and O–H groups in total. The first-order chi connectivity index (χ1) is 10.2. The Morgan fingerprint density at radius 1 is 0.857 bits per heavy atom. The van der Waals surface area contributed by atoms with E-state index in [0.717, 1.165) is 16.9 Å². The number of hydrogen-bond donors (Lipinski definition) is 1. The Labute approximate surface area is 125 Å². The first-order valence-corrected chi connectivity index (χ1v) is 7.08. The number of hydrogen-bond acceptors (Lipinski definition) is 2. The van der Waals surface area contributed by atoms with Crippen LogP contribution in [0.3, 0.4) is 0 Å². The zero-order chi connectivity index (χ0) is 14.8. The number of benzene rings is 3. The van der Waals surface area contributed by atoms with Gasteiger partial charge in [0.1, 0.15) is 5.75 Å².